The summed E-state index contributed by atoms with van der Waals surface area (Å²) in [7, 11) is 4.75. The quantitative estimate of drug-likeness (QED) is 0.400. The largest absolute Gasteiger partial charge is 0.504 e. The third kappa shape index (κ3) is 3.29. The highest BCUT2D eigenvalue weighted by Crippen LogP contribution is 2.42. The number of aryl methyl sites for hydroxylation is 1. The third-order valence-corrected chi connectivity index (χ3v) is 5.76. The van der Waals surface area contributed by atoms with Gasteiger partial charge in [-0.2, -0.15) is 5.10 Å². The zero-order valence-electron chi connectivity index (χ0n) is 18.8. The molecule has 0 fully saturated rings. The van der Waals surface area contributed by atoms with Gasteiger partial charge in [0.25, 0.3) is 0 Å². The van der Waals surface area contributed by atoms with Gasteiger partial charge >= 0.3 is 0 Å². The number of hydrogen-bond acceptors (Lipinski definition) is 6. The van der Waals surface area contributed by atoms with Gasteiger partial charge in [-0.3, -0.25) is 0 Å². The number of phenols is 1. The number of aromatic hydroxyl groups is 1. The lowest BCUT2D eigenvalue weighted by Crippen LogP contribution is -1.99. The molecule has 0 amide bonds. The first-order valence-electron chi connectivity index (χ1n) is 10.4. The summed E-state index contributed by atoms with van der Waals surface area (Å²) >= 11 is 0. The Kier molecular flexibility index (Phi) is 5.01. The summed E-state index contributed by atoms with van der Waals surface area (Å²) in [5.41, 5.74) is 4.00. The van der Waals surface area contributed by atoms with Crippen molar-refractivity contribution in [1.29, 1.82) is 0 Å². The van der Waals surface area contributed by atoms with Gasteiger partial charge in [0.2, 0.25) is 0 Å². The Balaban J connectivity index is 1.93. The van der Waals surface area contributed by atoms with E-state index in [0.717, 1.165) is 38.8 Å². The molecule has 5 rings (SSSR count). The molecule has 0 aliphatic heterocycles. The standard InChI is InChI=1S/C26H23N3O4/c1-15-24-18-13-22(32-3)23(33-4)14-19(18)25(16-10-11-20(30)21(12-16)31-2)27-26(24)29(28-15)17-8-6-5-7-9-17/h5-14,30H,1-4H3. The van der Waals surface area contributed by atoms with Gasteiger partial charge in [0, 0.05) is 16.3 Å². The maximum atomic E-state index is 10.1. The molecule has 0 spiro atoms. The highest BCUT2D eigenvalue weighted by atomic mass is 16.5. The number of rotatable bonds is 5. The van der Waals surface area contributed by atoms with E-state index in [4.69, 9.17) is 24.3 Å². The minimum absolute atomic E-state index is 0.0658. The van der Waals surface area contributed by atoms with Gasteiger partial charge < -0.3 is 19.3 Å². The molecule has 0 bridgehead atoms. The fraction of sp³-hybridized carbons (Fsp3) is 0.154. The highest BCUT2D eigenvalue weighted by Gasteiger charge is 2.21. The van der Waals surface area contributed by atoms with Gasteiger partial charge in [0.1, 0.15) is 0 Å². The van der Waals surface area contributed by atoms with Crippen LogP contribution in [0, 0.1) is 6.92 Å². The zero-order valence-corrected chi connectivity index (χ0v) is 18.8. The number of para-hydroxylation sites is 1. The minimum Gasteiger partial charge on any atom is -0.504 e. The summed E-state index contributed by atoms with van der Waals surface area (Å²) in [6, 6.07) is 19.0. The van der Waals surface area contributed by atoms with E-state index in [9.17, 15) is 5.11 Å². The summed E-state index contributed by atoms with van der Waals surface area (Å²) < 4.78 is 18.4. The van der Waals surface area contributed by atoms with Crippen LogP contribution in [-0.4, -0.2) is 41.2 Å². The summed E-state index contributed by atoms with van der Waals surface area (Å²) in [5.74, 6) is 1.66. The molecule has 2 heterocycles. The molecule has 0 radical (unpaired) electrons. The molecule has 2 aromatic heterocycles. The number of fused-ring (bicyclic) bond motifs is 3. The Bertz CT molecular complexity index is 1490. The minimum atomic E-state index is 0.0658. The van der Waals surface area contributed by atoms with E-state index >= 15 is 0 Å². The second-order valence-electron chi connectivity index (χ2n) is 7.63. The number of aromatic nitrogens is 3. The van der Waals surface area contributed by atoms with Gasteiger partial charge in [-0.1, -0.05) is 18.2 Å². The Morgan fingerprint density at radius 1 is 0.788 bits per heavy atom. The van der Waals surface area contributed by atoms with Crippen molar-refractivity contribution in [3.8, 4) is 39.9 Å². The summed E-state index contributed by atoms with van der Waals surface area (Å²) in [6.45, 7) is 1.98. The molecule has 3 aromatic carbocycles. The van der Waals surface area contributed by atoms with E-state index in [2.05, 4.69) is 0 Å². The molecule has 0 saturated carbocycles. The molecule has 0 aliphatic rings. The van der Waals surface area contributed by atoms with Gasteiger partial charge in [0.05, 0.1) is 43.8 Å². The zero-order chi connectivity index (χ0) is 23.1. The van der Waals surface area contributed by atoms with Crippen molar-refractivity contribution in [1.82, 2.24) is 14.8 Å². The van der Waals surface area contributed by atoms with Crippen molar-refractivity contribution in [2.24, 2.45) is 0 Å². The predicted octanol–water partition coefficient (Wildman–Crippen LogP) is 5.28. The van der Waals surface area contributed by atoms with Crippen molar-refractivity contribution >= 4 is 21.8 Å². The topological polar surface area (TPSA) is 78.6 Å². The number of methoxy groups -OCH3 is 3. The van der Waals surface area contributed by atoms with Crippen molar-refractivity contribution in [3.63, 3.8) is 0 Å². The smallest absolute Gasteiger partial charge is 0.164 e. The van der Waals surface area contributed by atoms with Crippen LogP contribution in [0.3, 0.4) is 0 Å². The highest BCUT2D eigenvalue weighted by molar-refractivity contribution is 6.12. The molecule has 166 valence electrons. The van der Waals surface area contributed by atoms with Gasteiger partial charge in [0.15, 0.2) is 28.6 Å². The first-order valence-corrected chi connectivity index (χ1v) is 10.4. The number of pyridine rings is 1. The number of benzene rings is 3. The maximum absolute atomic E-state index is 10.1. The first-order chi connectivity index (χ1) is 16.0. The monoisotopic (exact) mass is 441 g/mol. The number of ether oxygens (including phenoxy) is 3. The Morgan fingerprint density at radius 3 is 2.12 bits per heavy atom. The van der Waals surface area contributed by atoms with Crippen LogP contribution in [-0.2, 0) is 0 Å². The van der Waals surface area contributed by atoms with Crippen molar-refractivity contribution in [3.05, 3.63) is 66.4 Å². The molecule has 33 heavy (non-hydrogen) atoms. The molecule has 0 atom stereocenters. The van der Waals surface area contributed by atoms with Crippen molar-refractivity contribution < 1.29 is 19.3 Å². The lowest BCUT2D eigenvalue weighted by atomic mass is 10.00. The molecular formula is C26H23N3O4. The molecular weight excluding hydrogens is 418 g/mol. The SMILES string of the molecule is COc1cc(-c2nc3c(c(C)nn3-c3ccccc3)c3cc(OC)c(OC)cc23)ccc1O. The van der Waals surface area contributed by atoms with Crippen molar-refractivity contribution in [2.75, 3.05) is 21.3 Å². The Labute approximate surface area is 190 Å². The number of nitrogens with zero attached hydrogens (tertiary/aromatic N) is 3. The van der Waals surface area contributed by atoms with Crippen LogP contribution in [0.2, 0.25) is 0 Å². The van der Waals surface area contributed by atoms with Crippen LogP contribution in [0.1, 0.15) is 5.69 Å². The first kappa shape index (κ1) is 20.6. The molecule has 7 heteroatoms. The molecule has 5 aromatic rings. The van der Waals surface area contributed by atoms with Crippen LogP contribution in [0.5, 0.6) is 23.0 Å². The van der Waals surface area contributed by atoms with E-state index in [1.165, 1.54) is 7.11 Å². The number of phenolic OH excluding ortho intramolecular Hbond substituents is 1. The van der Waals surface area contributed by atoms with E-state index < -0.39 is 0 Å². The summed E-state index contributed by atoms with van der Waals surface area (Å²) in [5, 5.41) is 17.7. The van der Waals surface area contributed by atoms with Crippen molar-refractivity contribution in [2.45, 2.75) is 6.92 Å². The van der Waals surface area contributed by atoms with Crippen LogP contribution >= 0.6 is 0 Å². The summed E-state index contributed by atoms with van der Waals surface area (Å²) in [6.07, 6.45) is 0. The van der Waals surface area contributed by atoms with Crippen LogP contribution in [0.25, 0.3) is 38.8 Å². The predicted molar refractivity (Wildman–Crippen MR) is 128 cm³/mol. The van der Waals surface area contributed by atoms with Crippen LogP contribution in [0.4, 0.5) is 0 Å². The lowest BCUT2D eigenvalue weighted by molar-refractivity contribution is 0.356. The van der Waals surface area contributed by atoms with E-state index in [0.29, 0.717) is 22.9 Å². The fourth-order valence-corrected chi connectivity index (χ4v) is 4.18. The molecule has 1 N–H and O–H groups in total. The van der Waals surface area contributed by atoms with Gasteiger partial charge in [-0.15, -0.1) is 0 Å². The molecule has 7 nitrogen and oxygen atoms in total. The van der Waals surface area contributed by atoms with Gasteiger partial charge in [-0.05, 0) is 49.4 Å². The van der Waals surface area contributed by atoms with E-state index in [-0.39, 0.29) is 5.75 Å². The fourth-order valence-electron chi connectivity index (χ4n) is 4.18. The third-order valence-electron chi connectivity index (χ3n) is 5.76. The summed E-state index contributed by atoms with van der Waals surface area (Å²) in [4.78, 5) is 5.07. The van der Waals surface area contributed by atoms with Crippen LogP contribution in [0.15, 0.2) is 60.7 Å². The molecule has 0 unspecified atom stereocenters. The van der Waals surface area contributed by atoms with Crippen LogP contribution < -0.4 is 14.2 Å². The normalized spacial score (nSPS) is 11.2. The average Bonchev–Trinajstić information content (AvgIpc) is 3.19. The maximum Gasteiger partial charge on any atom is 0.164 e. The second-order valence-corrected chi connectivity index (χ2v) is 7.63. The van der Waals surface area contributed by atoms with E-state index in [1.54, 1.807) is 26.4 Å². The lowest BCUT2D eigenvalue weighted by Gasteiger charge is -2.14. The van der Waals surface area contributed by atoms with E-state index in [1.807, 2.05) is 60.1 Å². The Morgan fingerprint density at radius 2 is 1.45 bits per heavy atom. The molecule has 0 saturated heterocycles. The Hall–Kier alpha value is -4.26. The van der Waals surface area contributed by atoms with Gasteiger partial charge in [-0.25, -0.2) is 9.67 Å². The second kappa shape index (κ2) is 8.02. The number of hydrogen-bond donors (Lipinski definition) is 1. The average molecular weight is 441 g/mol. The molecule has 0 aliphatic carbocycles.